The minimum Gasteiger partial charge on any atom is -0.237 e. The van der Waals surface area contributed by atoms with Gasteiger partial charge in [0.1, 0.15) is 0 Å². The number of hydrogen-bond acceptors (Lipinski definition) is 0. The molecule has 1 rings (SSSR count). The molecule has 1 fully saturated rings. The van der Waals surface area contributed by atoms with E-state index in [1.54, 1.807) is 0 Å². The summed E-state index contributed by atoms with van der Waals surface area (Å²) in [4.78, 5) is 0. The molecule has 0 amide bonds. The van der Waals surface area contributed by atoms with E-state index in [-0.39, 0.29) is 0 Å². The fourth-order valence-electron chi connectivity index (χ4n) is 0.621. The SMILES string of the molecule is [CH]1CCCC[N]1. The first-order valence-corrected chi connectivity index (χ1v) is 2.48. The topological polar surface area (TPSA) is 14.1 Å². The molecule has 0 saturated carbocycles. The highest BCUT2D eigenvalue weighted by atomic mass is 14.9. The van der Waals surface area contributed by atoms with Gasteiger partial charge in [-0.05, 0) is 12.8 Å². The first-order valence-electron chi connectivity index (χ1n) is 2.48. The van der Waals surface area contributed by atoms with Crippen LogP contribution in [0.15, 0.2) is 0 Å². The molecule has 2 radical (unpaired) electrons. The van der Waals surface area contributed by atoms with Gasteiger partial charge in [-0.15, -0.1) is 0 Å². The van der Waals surface area contributed by atoms with Crippen molar-refractivity contribution in [1.29, 1.82) is 0 Å². The molecule has 0 aromatic heterocycles. The molecule has 0 N–H and O–H groups in total. The maximum Gasteiger partial charge on any atom is 0.0415 e. The number of rotatable bonds is 0. The van der Waals surface area contributed by atoms with Crippen molar-refractivity contribution in [2.75, 3.05) is 6.54 Å². The summed E-state index contributed by atoms with van der Waals surface area (Å²) in [6.07, 6.45) is 3.86. The second-order valence-electron chi connectivity index (χ2n) is 1.58. The smallest absolute Gasteiger partial charge is 0.0415 e. The third kappa shape index (κ3) is 0.977. The van der Waals surface area contributed by atoms with Gasteiger partial charge in [-0.2, -0.15) is 0 Å². The van der Waals surface area contributed by atoms with E-state index in [9.17, 15) is 0 Å². The van der Waals surface area contributed by atoms with Gasteiger partial charge in [-0.1, -0.05) is 6.42 Å². The highest BCUT2D eigenvalue weighted by Gasteiger charge is 1.95. The van der Waals surface area contributed by atoms with Crippen molar-refractivity contribution in [1.82, 2.24) is 5.32 Å². The third-order valence-electron chi connectivity index (χ3n) is 1.000. The van der Waals surface area contributed by atoms with E-state index in [1.165, 1.54) is 19.3 Å². The van der Waals surface area contributed by atoms with Crippen molar-refractivity contribution in [3.63, 3.8) is 0 Å². The lowest BCUT2D eigenvalue weighted by atomic mass is 10.2. The maximum atomic E-state index is 4.05. The van der Waals surface area contributed by atoms with E-state index in [4.69, 9.17) is 0 Å². The van der Waals surface area contributed by atoms with Crippen LogP contribution in [-0.2, 0) is 0 Å². The Bertz CT molecular complexity index is 19.4. The summed E-state index contributed by atoms with van der Waals surface area (Å²) in [6.45, 7) is 3.09. The predicted molar refractivity (Wildman–Crippen MR) is 25.2 cm³/mol. The van der Waals surface area contributed by atoms with Gasteiger partial charge < -0.3 is 0 Å². The van der Waals surface area contributed by atoms with Crippen molar-refractivity contribution in [3.05, 3.63) is 6.54 Å². The average Bonchev–Trinajstić information content (AvgIpc) is 1.72. The molecule has 1 aliphatic rings. The third-order valence-corrected chi connectivity index (χ3v) is 1.000. The summed E-state index contributed by atoms with van der Waals surface area (Å²) in [5, 5.41) is 4.05. The van der Waals surface area contributed by atoms with Crippen LogP contribution >= 0.6 is 0 Å². The lowest BCUT2D eigenvalue weighted by Crippen LogP contribution is -2.08. The second-order valence-corrected chi connectivity index (χ2v) is 1.58. The lowest BCUT2D eigenvalue weighted by Gasteiger charge is -2.05. The van der Waals surface area contributed by atoms with Crippen LogP contribution in [0.2, 0.25) is 0 Å². The average molecular weight is 83.1 g/mol. The standard InChI is InChI=1S/C5H9N/c1-2-4-6-5-3-1/h4H,1-3,5H2. The van der Waals surface area contributed by atoms with Crippen molar-refractivity contribution in [2.24, 2.45) is 0 Å². The van der Waals surface area contributed by atoms with Crippen molar-refractivity contribution in [3.8, 4) is 0 Å². The molecule has 1 heteroatoms. The molecular weight excluding hydrogens is 74.1 g/mol. The second kappa shape index (κ2) is 2.19. The number of piperidine rings is 1. The van der Waals surface area contributed by atoms with Gasteiger partial charge in [-0.3, -0.25) is 0 Å². The zero-order valence-electron chi connectivity index (χ0n) is 3.85. The molecule has 0 bridgehead atoms. The minimum atomic E-state index is 1.07. The zero-order chi connectivity index (χ0) is 4.24. The first-order chi connectivity index (χ1) is 3.00. The number of nitrogens with zero attached hydrogens (tertiary/aromatic N) is 1. The fraction of sp³-hybridized carbons (Fsp3) is 0.800. The summed E-state index contributed by atoms with van der Waals surface area (Å²) in [5.41, 5.74) is 0. The van der Waals surface area contributed by atoms with E-state index >= 15 is 0 Å². The zero-order valence-corrected chi connectivity index (χ0v) is 3.85. The van der Waals surface area contributed by atoms with Crippen molar-refractivity contribution in [2.45, 2.75) is 19.3 Å². The van der Waals surface area contributed by atoms with E-state index in [2.05, 4.69) is 5.32 Å². The van der Waals surface area contributed by atoms with Crippen LogP contribution in [0.1, 0.15) is 19.3 Å². The molecule has 0 unspecified atom stereocenters. The van der Waals surface area contributed by atoms with Gasteiger partial charge in [0.05, 0.1) is 0 Å². The molecule has 0 aliphatic carbocycles. The summed E-state index contributed by atoms with van der Waals surface area (Å²) in [6, 6.07) is 0. The Morgan fingerprint density at radius 1 is 1.33 bits per heavy atom. The Balaban J connectivity index is 2.00. The van der Waals surface area contributed by atoms with Gasteiger partial charge in [0.2, 0.25) is 0 Å². The highest BCUT2D eigenvalue weighted by molar-refractivity contribution is 4.66. The van der Waals surface area contributed by atoms with Crippen LogP contribution in [0.4, 0.5) is 0 Å². The molecule has 0 aromatic rings. The molecule has 0 aromatic carbocycles. The summed E-state index contributed by atoms with van der Waals surface area (Å²) >= 11 is 0. The highest BCUT2D eigenvalue weighted by Crippen LogP contribution is 2.01. The molecule has 0 atom stereocenters. The molecule has 1 aliphatic heterocycles. The molecule has 1 heterocycles. The molecular formula is C5H9N. The Morgan fingerprint density at radius 2 is 2.33 bits per heavy atom. The van der Waals surface area contributed by atoms with Gasteiger partial charge in [0.15, 0.2) is 0 Å². The van der Waals surface area contributed by atoms with Crippen LogP contribution in [0.5, 0.6) is 0 Å². The molecule has 1 saturated heterocycles. The largest absolute Gasteiger partial charge is 0.237 e. The molecule has 0 spiro atoms. The Labute approximate surface area is 38.7 Å². The predicted octanol–water partition coefficient (Wildman–Crippen LogP) is 0.936. The van der Waals surface area contributed by atoms with Crippen LogP contribution in [-0.4, -0.2) is 6.54 Å². The fourth-order valence-corrected chi connectivity index (χ4v) is 0.621. The van der Waals surface area contributed by atoms with Crippen LogP contribution in [0, 0.1) is 6.54 Å². The normalized spacial score (nSPS) is 24.0. The van der Waals surface area contributed by atoms with E-state index in [0.717, 1.165) is 6.54 Å². The molecule has 6 heavy (non-hydrogen) atoms. The van der Waals surface area contributed by atoms with Crippen LogP contribution in [0.3, 0.4) is 0 Å². The van der Waals surface area contributed by atoms with Crippen molar-refractivity contribution >= 4 is 0 Å². The quantitative estimate of drug-likeness (QED) is 0.414. The van der Waals surface area contributed by atoms with E-state index < -0.39 is 0 Å². The summed E-state index contributed by atoms with van der Waals surface area (Å²) in [5.74, 6) is 0. The Hall–Kier alpha value is -0.0400. The van der Waals surface area contributed by atoms with Crippen molar-refractivity contribution < 1.29 is 0 Å². The molecule has 34 valence electrons. The molecule has 1 nitrogen and oxygen atoms in total. The van der Waals surface area contributed by atoms with Gasteiger partial charge in [-0.25, -0.2) is 5.32 Å². The van der Waals surface area contributed by atoms with Gasteiger partial charge in [0, 0.05) is 13.1 Å². The summed E-state index contributed by atoms with van der Waals surface area (Å²) in [7, 11) is 0. The maximum absolute atomic E-state index is 4.05. The Kier molecular flexibility index (Phi) is 1.51. The van der Waals surface area contributed by atoms with E-state index in [1.807, 2.05) is 6.54 Å². The minimum absolute atomic E-state index is 1.07. The van der Waals surface area contributed by atoms with E-state index in [0.29, 0.717) is 0 Å². The lowest BCUT2D eigenvalue weighted by molar-refractivity contribution is 0.572. The van der Waals surface area contributed by atoms with Crippen LogP contribution in [0.25, 0.3) is 0 Å². The number of hydrogen-bond donors (Lipinski definition) is 0. The Morgan fingerprint density at radius 3 is 2.50 bits per heavy atom. The monoisotopic (exact) mass is 83.1 g/mol. The summed E-state index contributed by atoms with van der Waals surface area (Å²) < 4.78 is 0. The van der Waals surface area contributed by atoms with Crippen LogP contribution < -0.4 is 5.32 Å². The first kappa shape index (κ1) is 4.13. The van der Waals surface area contributed by atoms with Gasteiger partial charge >= 0.3 is 0 Å². The van der Waals surface area contributed by atoms with Gasteiger partial charge in [0.25, 0.3) is 0 Å².